The lowest BCUT2D eigenvalue weighted by Gasteiger charge is -2.30. The van der Waals surface area contributed by atoms with Crippen molar-refractivity contribution < 1.29 is 4.79 Å². The van der Waals surface area contributed by atoms with Crippen molar-refractivity contribution in [2.75, 3.05) is 24.5 Å². The minimum absolute atomic E-state index is 0.318. The van der Waals surface area contributed by atoms with Crippen molar-refractivity contribution in [2.45, 2.75) is 44.9 Å². The van der Waals surface area contributed by atoms with Crippen LogP contribution in [0.15, 0.2) is 18.2 Å². The van der Waals surface area contributed by atoms with E-state index in [0.717, 1.165) is 44.7 Å². The molecule has 1 aliphatic carbocycles. The lowest BCUT2D eigenvalue weighted by Crippen LogP contribution is -2.36. The number of fused-ring (bicyclic) bond motifs is 1. The number of anilines is 1. The molecule has 2 aliphatic heterocycles. The van der Waals surface area contributed by atoms with E-state index in [2.05, 4.69) is 28.4 Å². The number of rotatable bonds is 3. The van der Waals surface area contributed by atoms with Crippen LogP contribution in [0.3, 0.4) is 0 Å². The second-order valence-electron chi connectivity index (χ2n) is 7.25. The number of aryl methyl sites for hydroxylation is 1. The van der Waals surface area contributed by atoms with Gasteiger partial charge in [-0.3, -0.25) is 4.79 Å². The van der Waals surface area contributed by atoms with Crippen LogP contribution in [-0.4, -0.2) is 25.5 Å². The van der Waals surface area contributed by atoms with Crippen molar-refractivity contribution in [3.8, 4) is 0 Å². The summed E-state index contributed by atoms with van der Waals surface area (Å²) in [7, 11) is 0. The van der Waals surface area contributed by atoms with E-state index in [9.17, 15) is 4.79 Å². The van der Waals surface area contributed by atoms with Gasteiger partial charge in [-0.25, -0.2) is 0 Å². The highest BCUT2D eigenvalue weighted by Crippen LogP contribution is 2.36. The molecule has 0 spiro atoms. The molecule has 4 rings (SSSR count). The molecule has 1 saturated heterocycles. The maximum Gasteiger partial charge on any atom is 0.230 e. The SMILES string of the molecule is O=C(C1CC1)N1CCCc2cc(CC3CCCNC3)ccc21. The minimum atomic E-state index is 0.318. The first-order valence-electron chi connectivity index (χ1n) is 8.95. The summed E-state index contributed by atoms with van der Waals surface area (Å²) >= 11 is 0. The van der Waals surface area contributed by atoms with Crippen molar-refractivity contribution in [1.29, 1.82) is 0 Å². The van der Waals surface area contributed by atoms with Crippen LogP contribution in [-0.2, 0) is 17.6 Å². The van der Waals surface area contributed by atoms with Gasteiger partial charge in [0.15, 0.2) is 0 Å². The number of carbonyl (C=O) groups is 1. The van der Waals surface area contributed by atoms with Crippen molar-refractivity contribution in [2.24, 2.45) is 11.8 Å². The summed E-state index contributed by atoms with van der Waals surface area (Å²) in [6, 6.07) is 6.84. The summed E-state index contributed by atoms with van der Waals surface area (Å²) in [6.45, 7) is 3.25. The number of hydrogen-bond acceptors (Lipinski definition) is 2. The molecule has 1 unspecified atom stereocenters. The summed E-state index contributed by atoms with van der Waals surface area (Å²) in [6.07, 6.45) is 8.25. The molecule has 3 heteroatoms. The number of amides is 1. The monoisotopic (exact) mass is 298 g/mol. The van der Waals surface area contributed by atoms with Crippen molar-refractivity contribution in [3.05, 3.63) is 29.3 Å². The first-order valence-corrected chi connectivity index (χ1v) is 8.95. The van der Waals surface area contributed by atoms with Crippen LogP contribution in [0.2, 0.25) is 0 Å². The number of nitrogens with zero attached hydrogens (tertiary/aromatic N) is 1. The second kappa shape index (κ2) is 6.04. The molecule has 1 saturated carbocycles. The molecular weight excluding hydrogens is 272 g/mol. The normalized spacial score (nSPS) is 24.9. The van der Waals surface area contributed by atoms with Gasteiger partial charge in [-0.15, -0.1) is 0 Å². The number of hydrogen-bond donors (Lipinski definition) is 1. The van der Waals surface area contributed by atoms with Gasteiger partial charge in [0.25, 0.3) is 0 Å². The smallest absolute Gasteiger partial charge is 0.230 e. The maximum absolute atomic E-state index is 12.4. The van der Waals surface area contributed by atoms with Crippen LogP contribution in [0, 0.1) is 11.8 Å². The fraction of sp³-hybridized carbons (Fsp3) is 0.632. The fourth-order valence-corrected chi connectivity index (χ4v) is 3.99. The van der Waals surface area contributed by atoms with Crippen LogP contribution in [0.1, 0.15) is 43.2 Å². The molecule has 1 atom stereocenters. The van der Waals surface area contributed by atoms with Gasteiger partial charge in [-0.1, -0.05) is 12.1 Å². The molecule has 0 radical (unpaired) electrons. The van der Waals surface area contributed by atoms with Gasteiger partial charge in [0.1, 0.15) is 0 Å². The molecule has 118 valence electrons. The zero-order chi connectivity index (χ0) is 14.9. The van der Waals surface area contributed by atoms with Crippen LogP contribution in [0.5, 0.6) is 0 Å². The third-order valence-electron chi connectivity index (χ3n) is 5.38. The van der Waals surface area contributed by atoms with Crippen LogP contribution < -0.4 is 10.2 Å². The Morgan fingerprint density at radius 2 is 2.14 bits per heavy atom. The Balaban J connectivity index is 1.51. The third-order valence-corrected chi connectivity index (χ3v) is 5.38. The Kier molecular flexibility index (Phi) is 3.91. The molecule has 22 heavy (non-hydrogen) atoms. The summed E-state index contributed by atoms with van der Waals surface area (Å²) < 4.78 is 0. The quantitative estimate of drug-likeness (QED) is 0.930. The molecule has 2 fully saturated rings. The predicted octanol–water partition coefficient (Wildman–Crippen LogP) is 2.92. The molecule has 3 aliphatic rings. The number of nitrogens with one attached hydrogen (secondary N) is 1. The molecule has 1 aromatic rings. The van der Waals surface area contributed by atoms with Crippen LogP contribution >= 0.6 is 0 Å². The summed E-state index contributed by atoms with van der Waals surface area (Å²) in [5.74, 6) is 1.46. The highest BCUT2D eigenvalue weighted by atomic mass is 16.2. The van der Waals surface area contributed by atoms with Crippen molar-refractivity contribution >= 4 is 11.6 Å². The van der Waals surface area contributed by atoms with Gasteiger partial charge in [0.05, 0.1) is 0 Å². The average Bonchev–Trinajstić information content (AvgIpc) is 3.39. The van der Waals surface area contributed by atoms with E-state index in [1.54, 1.807) is 0 Å². The maximum atomic E-state index is 12.4. The number of carbonyl (C=O) groups excluding carboxylic acids is 1. The van der Waals surface area contributed by atoms with Crippen molar-refractivity contribution in [3.63, 3.8) is 0 Å². The van der Waals surface area contributed by atoms with Gasteiger partial charge in [-0.2, -0.15) is 0 Å². The van der Waals surface area contributed by atoms with Gasteiger partial charge < -0.3 is 10.2 Å². The lowest BCUT2D eigenvalue weighted by atomic mass is 9.90. The summed E-state index contributed by atoms with van der Waals surface area (Å²) in [5.41, 5.74) is 4.03. The Morgan fingerprint density at radius 1 is 1.23 bits per heavy atom. The first kappa shape index (κ1) is 14.3. The van der Waals surface area contributed by atoms with Gasteiger partial charge in [0, 0.05) is 18.2 Å². The number of piperidine rings is 1. The van der Waals surface area contributed by atoms with E-state index in [4.69, 9.17) is 0 Å². The molecule has 2 heterocycles. The molecule has 0 bridgehead atoms. The zero-order valence-corrected chi connectivity index (χ0v) is 13.3. The van der Waals surface area contributed by atoms with Crippen LogP contribution in [0.4, 0.5) is 5.69 Å². The standard InChI is InChI=1S/C19H26N2O/c22-19(16-6-7-16)21-10-2-4-17-12-14(5-8-18(17)21)11-15-3-1-9-20-13-15/h5,8,12,15-16,20H,1-4,6-7,9-11,13H2. The Bertz CT molecular complexity index is 559. The van der Waals surface area contributed by atoms with E-state index in [1.165, 1.54) is 42.6 Å². The predicted molar refractivity (Wildman–Crippen MR) is 89.1 cm³/mol. The second-order valence-corrected chi connectivity index (χ2v) is 7.25. The molecule has 1 N–H and O–H groups in total. The highest BCUT2D eigenvalue weighted by molar-refractivity contribution is 5.97. The molecule has 1 amide bonds. The molecule has 3 nitrogen and oxygen atoms in total. The van der Waals surface area contributed by atoms with Gasteiger partial charge >= 0.3 is 0 Å². The largest absolute Gasteiger partial charge is 0.316 e. The molecule has 1 aromatic carbocycles. The number of benzene rings is 1. The molecule has 0 aromatic heterocycles. The lowest BCUT2D eigenvalue weighted by molar-refractivity contribution is -0.119. The summed E-state index contributed by atoms with van der Waals surface area (Å²) in [4.78, 5) is 14.5. The van der Waals surface area contributed by atoms with E-state index >= 15 is 0 Å². The van der Waals surface area contributed by atoms with E-state index in [-0.39, 0.29) is 0 Å². The highest BCUT2D eigenvalue weighted by Gasteiger charge is 2.35. The van der Waals surface area contributed by atoms with Gasteiger partial charge in [-0.05, 0) is 81.1 Å². The van der Waals surface area contributed by atoms with E-state index in [1.807, 2.05) is 0 Å². The van der Waals surface area contributed by atoms with E-state index in [0.29, 0.717) is 11.8 Å². The third kappa shape index (κ3) is 2.91. The Morgan fingerprint density at radius 3 is 2.91 bits per heavy atom. The van der Waals surface area contributed by atoms with Crippen molar-refractivity contribution in [1.82, 2.24) is 5.32 Å². The Hall–Kier alpha value is -1.35. The summed E-state index contributed by atoms with van der Waals surface area (Å²) in [5, 5.41) is 3.51. The fourth-order valence-electron chi connectivity index (χ4n) is 3.99. The average molecular weight is 298 g/mol. The van der Waals surface area contributed by atoms with E-state index < -0.39 is 0 Å². The first-order chi connectivity index (χ1) is 10.8. The Labute approximate surface area is 133 Å². The zero-order valence-electron chi connectivity index (χ0n) is 13.3. The van der Waals surface area contributed by atoms with Crippen LogP contribution in [0.25, 0.3) is 0 Å². The molecular formula is C19H26N2O. The van der Waals surface area contributed by atoms with Gasteiger partial charge in [0.2, 0.25) is 5.91 Å². The minimum Gasteiger partial charge on any atom is -0.316 e. The topological polar surface area (TPSA) is 32.3 Å².